The molecule has 1 aliphatic rings. The number of rotatable bonds is 4. The first-order valence-electron chi connectivity index (χ1n) is 7.34. The van der Waals surface area contributed by atoms with E-state index in [9.17, 15) is 13.9 Å². The van der Waals surface area contributed by atoms with E-state index >= 15 is 0 Å². The fraction of sp³-hybridized carbons (Fsp3) is 0.625. The summed E-state index contributed by atoms with van der Waals surface area (Å²) in [7, 11) is 0. The minimum absolute atomic E-state index is 0.121. The molecule has 0 saturated heterocycles. The Labute approximate surface area is 113 Å². The second kappa shape index (κ2) is 6.36. The molecule has 0 heterocycles. The van der Waals surface area contributed by atoms with E-state index < -0.39 is 17.4 Å². The Hall–Kier alpha value is -1.12. The van der Waals surface area contributed by atoms with Crippen LogP contribution in [0.1, 0.15) is 68.9 Å². The van der Waals surface area contributed by atoms with Gasteiger partial charge in [0.1, 0.15) is 0 Å². The van der Waals surface area contributed by atoms with Crippen molar-refractivity contribution in [2.75, 3.05) is 0 Å². The molecule has 0 spiro atoms. The van der Waals surface area contributed by atoms with Crippen LogP contribution >= 0.6 is 0 Å². The lowest BCUT2D eigenvalue weighted by molar-refractivity contribution is 0.384. The predicted octanol–water partition coefficient (Wildman–Crippen LogP) is 5.06. The molecule has 1 aromatic carbocycles. The molecule has 1 nitrogen and oxygen atoms in total. The number of halogens is 2. The van der Waals surface area contributed by atoms with Crippen LogP contribution in [0.25, 0.3) is 0 Å². The van der Waals surface area contributed by atoms with Crippen molar-refractivity contribution in [1.29, 1.82) is 0 Å². The van der Waals surface area contributed by atoms with Gasteiger partial charge in [-0.2, -0.15) is 4.39 Å². The molecule has 0 aliphatic heterocycles. The lowest BCUT2D eigenvalue weighted by Crippen LogP contribution is -2.11. The van der Waals surface area contributed by atoms with Gasteiger partial charge in [0.2, 0.25) is 5.82 Å². The SMILES string of the molecule is CCCCc1cc(O)c(F)c(F)c1C1CCCCC1. The van der Waals surface area contributed by atoms with Crippen molar-refractivity contribution in [2.24, 2.45) is 0 Å². The molecule has 19 heavy (non-hydrogen) atoms. The molecule has 0 bridgehead atoms. The van der Waals surface area contributed by atoms with Gasteiger partial charge in [0, 0.05) is 0 Å². The number of aryl methyl sites for hydroxylation is 1. The lowest BCUT2D eigenvalue weighted by Gasteiger charge is -2.25. The van der Waals surface area contributed by atoms with Crippen LogP contribution in [0.4, 0.5) is 8.78 Å². The molecule has 1 N–H and O–H groups in total. The van der Waals surface area contributed by atoms with Crippen LogP contribution in [0, 0.1) is 11.6 Å². The van der Waals surface area contributed by atoms with E-state index in [1.807, 2.05) is 0 Å². The predicted molar refractivity (Wildman–Crippen MR) is 72.5 cm³/mol. The van der Waals surface area contributed by atoms with Gasteiger partial charge in [-0.05, 0) is 48.8 Å². The first-order valence-corrected chi connectivity index (χ1v) is 7.34. The molecular formula is C16H22F2O. The van der Waals surface area contributed by atoms with Crippen molar-refractivity contribution in [1.82, 2.24) is 0 Å². The number of hydrogen-bond donors (Lipinski definition) is 1. The van der Waals surface area contributed by atoms with Crippen LogP contribution < -0.4 is 0 Å². The van der Waals surface area contributed by atoms with Gasteiger partial charge in [-0.3, -0.25) is 0 Å². The summed E-state index contributed by atoms with van der Waals surface area (Å²) in [6.07, 6.45) is 7.87. The number of aromatic hydroxyl groups is 1. The van der Waals surface area contributed by atoms with Crippen LogP contribution in [0.15, 0.2) is 6.07 Å². The van der Waals surface area contributed by atoms with Gasteiger partial charge in [-0.15, -0.1) is 0 Å². The smallest absolute Gasteiger partial charge is 0.200 e. The van der Waals surface area contributed by atoms with Gasteiger partial charge in [-0.25, -0.2) is 4.39 Å². The van der Waals surface area contributed by atoms with Gasteiger partial charge in [-0.1, -0.05) is 32.6 Å². The van der Waals surface area contributed by atoms with Crippen molar-refractivity contribution < 1.29 is 13.9 Å². The molecule has 0 aromatic heterocycles. The highest BCUT2D eigenvalue weighted by atomic mass is 19.2. The number of phenolic OH excluding ortho intramolecular Hbond substituents is 1. The Bertz CT molecular complexity index is 437. The first-order chi connectivity index (χ1) is 9.15. The molecular weight excluding hydrogens is 246 g/mol. The van der Waals surface area contributed by atoms with Crippen LogP contribution in [0.3, 0.4) is 0 Å². The van der Waals surface area contributed by atoms with Gasteiger partial charge < -0.3 is 5.11 Å². The lowest BCUT2D eigenvalue weighted by atomic mass is 9.80. The van der Waals surface area contributed by atoms with Crippen molar-refractivity contribution in [3.05, 3.63) is 28.8 Å². The Morgan fingerprint density at radius 1 is 1.16 bits per heavy atom. The zero-order chi connectivity index (χ0) is 13.8. The Morgan fingerprint density at radius 3 is 2.47 bits per heavy atom. The second-order valence-electron chi connectivity index (χ2n) is 5.53. The van der Waals surface area contributed by atoms with Crippen LogP contribution in [0.5, 0.6) is 5.75 Å². The third kappa shape index (κ3) is 3.07. The van der Waals surface area contributed by atoms with E-state index in [2.05, 4.69) is 6.92 Å². The summed E-state index contributed by atoms with van der Waals surface area (Å²) in [5.74, 6) is -2.34. The highest BCUT2D eigenvalue weighted by Crippen LogP contribution is 2.39. The fourth-order valence-corrected chi connectivity index (χ4v) is 3.08. The standard InChI is InChI=1S/C16H22F2O/c1-2-3-7-12-10-13(19)15(17)16(18)14(12)11-8-5-4-6-9-11/h10-11,19H,2-9H2,1H3. The molecule has 2 rings (SSSR count). The average Bonchev–Trinajstić information content (AvgIpc) is 2.43. The zero-order valence-electron chi connectivity index (χ0n) is 11.5. The summed E-state index contributed by atoms with van der Waals surface area (Å²) in [6.45, 7) is 2.07. The van der Waals surface area contributed by atoms with Crippen molar-refractivity contribution >= 4 is 0 Å². The summed E-state index contributed by atoms with van der Waals surface area (Å²) in [6, 6.07) is 1.43. The molecule has 1 aromatic rings. The molecule has 1 aliphatic carbocycles. The van der Waals surface area contributed by atoms with Crippen molar-refractivity contribution in [3.8, 4) is 5.75 Å². The van der Waals surface area contributed by atoms with E-state index in [-0.39, 0.29) is 5.92 Å². The normalized spacial score (nSPS) is 16.8. The molecule has 1 fully saturated rings. The maximum Gasteiger partial charge on any atom is 0.200 e. The minimum atomic E-state index is -1.08. The molecule has 0 amide bonds. The largest absolute Gasteiger partial charge is 0.505 e. The highest BCUT2D eigenvalue weighted by Gasteiger charge is 2.25. The van der Waals surface area contributed by atoms with E-state index in [0.29, 0.717) is 12.0 Å². The summed E-state index contributed by atoms with van der Waals surface area (Å²) in [4.78, 5) is 0. The molecule has 3 heteroatoms. The summed E-state index contributed by atoms with van der Waals surface area (Å²) < 4.78 is 27.8. The first kappa shape index (κ1) is 14.3. The topological polar surface area (TPSA) is 20.2 Å². The minimum Gasteiger partial charge on any atom is -0.505 e. The quantitative estimate of drug-likeness (QED) is 0.809. The summed E-state index contributed by atoms with van der Waals surface area (Å²) in [5.41, 5.74) is 1.33. The molecule has 0 unspecified atom stereocenters. The van der Waals surface area contributed by atoms with E-state index in [1.54, 1.807) is 0 Å². The van der Waals surface area contributed by atoms with Crippen LogP contribution in [0.2, 0.25) is 0 Å². The molecule has 106 valence electrons. The zero-order valence-corrected chi connectivity index (χ0v) is 11.5. The maximum absolute atomic E-state index is 14.2. The van der Waals surface area contributed by atoms with Crippen LogP contribution in [-0.2, 0) is 6.42 Å². The molecule has 0 radical (unpaired) electrons. The maximum atomic E-state index is 14.2. The number of hydrogen-bond acceptors (Lipinski definition) is 1. The van der Waals surface area contributed by atoms with Gasteiger partial charge in [0.15, 0.2) is 11.6 Å². The number of benzene rings is 1. The Balaban J connectivity index is 2.39. The molecule has 0 atom stereocenters. The number of unbranched alkanes of at least 4 members (excludes halogenated alkanes) is 1. The third-order valence-electron chi connectivity index (χ3n) is 4.12. The average molecular weight is 268 g/mol. The Kier molecular flexibility index (Phi) is 4.78. The fourth-order valence-electron chi connectivity index (χ4n) is 3.08. The molecule has 1 saturated carbocycles. The monoisotopic (exact) mass is 268 g/mol. The highest BCUT2D eigenvalue weighted by molar-refractivity contribution is 5.40. The van der Waals surface area contributed by atoms with Gasteiger partial charge >= 0.3 is 0 Å². The van der Waals surface area contributed by atoms with Gasteiger partial charge in [0.25, 0.3) is 0 Å². The number of phenols is 1. The van der Waals surface area contributed by atoms with Crippen molar-refractivity contribution in [2.45, 2.75) is 64.2 Å². The van der Waals surface area contributed by atoms with Gasteiger partial charge in [0.05, 0.1) is 0 Å². The van der Waals surface area contributed by atoms with E-state index in [0.717, 1.165) is 44.1 Å². The summed E-state index contributed by atoms with van der Waals surface area (Å²) >= 11 is 0. The third-order valence-corrected chi connectivity index (χ3v) is 4.12. The van der Waals surface area contributed by atoms with Crippen LogP contribution in [-0.4, -0.2) is 5.11 Å². The van der Waals surface area contributed by atoms with E-state index in [1.165, 1.54) is 12.5 Å². The van der Waals surface area contributed by atoms with Crippen molar-refractivity contribution in [3.63, 3.8) is 0 Å². The summed E-state index contributed by atoms with van der Waals surface area (Å²) in [5, 5.41) is 9.49. The second-order valence-corrected chi connectivity index (χ2v) is 5.53. The Morgan fingerprint density at radius 2 is 1.84 bits per heavy atom. The van der Waals surface area contributed by atoms with E-state index in [4.69, 9.17) is 0 Å².